The lowest BCUT2D eigenvalue weighted by molar-refractivity contribution is -0.129. The molecule has 124 valence electrons. The van der Waals surface area contributed by atoms with Gasteiger partial charge in [0.1, 0.15) is 5.75 Å². The van der Waals surface area contributed by atoms with Crippen LogP contribution in [0.3, 0.4) is 0 Å². The number of nitrogens with two attached hydrogens (primary N) is 1. The second kappa shape index (κ2) is 8.98. The molecule has 0 unspecified atom stereocenters. The Morgan fingerprint density at radius 2 is 1.95 bits per heavy atom. The van der Waals surface area contributed by atoms with Gasteiger partial charge in [-0.05, 0) is 37.0 Å². The van der Waals surface area contributed by atoms with Gasteiger partial charge in [-0.15, -0.1) is 12.4 Å². The van der Waals surface area contributed by atoms with Gasteiger partial charge in [-0.1, -0.05) is 19.1 Å². The minimum Gasteiger partial charge on any atom is -0.494 e. The predicted octanol–water partition coefficient (Wildman–Crippen LogP) is 2.02. The first-order valence-electron chi connectivity index (χ1n) is 7.51. The molecule has 0 bridgehead atoms. The molecule has 0 aliphatic carbocycles. The average molecular weight is 329 g/mol. The lowest BCUT2D eigenvalue weighted by atomic mass is 9.90. The highest BCUT2D eigenvalue weighted by atomic mass is 35.5. The minimum atomic E-state index is -0.789. The highest BCUT2D eigenvalue weighted by molar-refractivity contribution is 5.86. The van der Waals surface area contributed by atoms with Gasteiger partial charge in [0.15, 0.2) is 0 Å². The number of amides is 1. The molecule has 1 aromatic rings. The zero-order valence-electron chi connectivity index (χ0n) is 13.0. The first-order valence-corrected chi connectivity index (χ1v) is 7.51. The van der Waals surface area contributed by atoms with Crippen molar-refractivity contribution in [2.45, 2.75) is 38.3 Å². The molecule has 0 spiro atoms. The van der Waals surface area contributed by atoms with E-state index in [1.54, 1.807) is 0 Å². The fraction of sp³-hybridized carbons (Fsp3) is 0.562. The van der Waals surface area contributed by atoms with Crippen LogP contribution in [0.15, 0.2) is 24.3 Å². The van der Waals surface area contributed by atoms with E-state index in [2.05, 4.69) is 12.2 Å². The number of benzene rings is 1. The van der Waals surface area contributed by atoms with Gasteiger partial charge >= 0.3 is 0 Å². The summed E-state index contributed by atoms with van der Waals surface area (Å²) in [6, 6.07) is 7.75. The molecule has 2 rings (SSSR count). The summed E-state index contributed by atoms with van der Waals surface area (Å²) in [4.78, 5) is 12.2. The van der Waals surface area contributed by atoms with Crippen LogP contribution in [0.25, 0.3) is 0 Å². The van der Waals surface area contributed by atoms with E-state index in [4.69, 9.17) is 15.2 Å². The van der Waals surface area contributed by atoms with Crippen molar-refractivity contribution in [2.75, 3.05) is 19.8 Å². The molecular formula is C16H25ClN2O3. The maximum Gasteiger partial charge on any atom is 0.240 e. The molecule has 1 fully saturated rings. The highest BCUT2D eigenvalue weighted by Crippen LogP contribution is 2.18. The highest BCUT2D eigenvalue weighted by Gasteiger charge is 2.35. The number of hydrogen-bond donors (Lipinski definition) is 2. The molecule has 5 nitrogen and oxygen atoms in total. The van der Waals surface area contributed by atoms with E-state index in [-0.39, 0.29) is 18.3 Å². The maximum atomic E-state index is 12.2. The number of rotatable bonds is 6. The van der Waals surface area contributed by atoms with Crippen LogP contribution in [0.4, 0.5) is 0 Å². The Bertz CT molecular complexity index is 459. The number of halogens is 1. The second-order valence-corrected chi connectivity index (χ2v) is 5.44. The van der Waals surface area contributed by atoms with Crippen molar-refractivity contribution in [3.05, 3.63) is 29.8 Å². The Morgan fingerprint density at radius 3 is 2.55 bits per heavy atom. The third-order valence-electron chi connectivity index (χ3n) is 3.69. The number of carbonyl (C=O) groups is 1. The van der Waals surface area contributed by atoms with Crippen LogP contribution in [0.1, 0.15) is 31.7 Å². The lowest BCUT2D eigenvalue weighted by Gasteiger charge is -2.31. The van der Waals surface area contributed by atoms with Crippen molar-refractivity contribution in [3.63, 3.8) is 0 Å². The summed E-state index contributed by atoms with van der Waals surface area (Å²) in [5.74, 6) is 0.753. The number of hydrogen-bond acceptors (Lipinski definition) is 4. The molecule has 6 heteroatoms. The average Bonchev–Trinajstić information content (AvgIpc) is 2.52. The summed E-state index contributed by atoms with van der Waals surface area (Å²) in [5.41, 5.74) is 6.37. The molecule has 0 atom stereocenters. The largest absolute Gasteiger partial charge is 0.494 e. The minimum absolute atomic E-state index is 0. The van der Waals surface area contributed by atoms with Crippen LogP contribution in [-0.2, 0) is 16.1 Å². The molecule has 3 N–H and O–H groups in total. The molecule has 1 aliphatic rings. The topological polar surface area (TPSA) is 73.6 Å². The zero-order valence-corrected chi connectivity index (χ0v) is 13.8. The summed E-state index contributed by atoms with van der Waals surface area (Å²) in [6.45, 7) is 4.37. The van der Waals surface area contributed by atoms with Crippen LogP contribution >= 0.6 is 12.4 Å². The van der Waals surface area contributed by atoms with E-state index >= 15 is 0 Å². The van der Waals surface area contributed by atoms with Crippen LogP contribution in [-0.4, -0.2) is 31.3 Å². The van der Waals surface area contributed by atoms with Crippen LogP contribution in [0.5, 0.6) is 5.75 Å². The Kier molecular flexibility index (Phi) is 7.65. The molecule has 1 aliphatic heterocycles. The van der Waals surface area contributed by atoms with Crippen LogP contribution in [0, 0.1) is 0 Å². The number of carbonyl (C=O) groups excluding carboxylic acids is 1. The van der Waals surface area contributed by atoms with E-state index in [1.807, 2.05) is 24.3 Å². The summed E-state index contributed by atoms with van der Waals surface area (Å²) < 4.78 is 10.8. The molecule has 0 radical (unpaired) electrons. The predicted molar refractivity (Wildman–Crippen MR) is 88.3 cm³/mol. The summed E-state index contributed by atoms with van der Waals surface area (Å²) in [5, 5.41) is 2.91. The Morgan fingerprint density at radius 1 is 1.32 bits per heavy atom. The van der Waals surface area contributed by atoms with Gasteiger partial charge in [-0.25, -0.2) is 0 Å². The molecule has 1 amide bonds. The first kappa shape index (κ1) is 18.7. The molecule has 1 heterocycles. The van der Waals surface area contributed by atoms with Crippen molar-refractivity contribution in [1.82, 2.24) is 5.32 Å². The standard InChI is InChI=1S/C16H24N2O3.ClH/c1-2-9-21-14-5-3-13(4-6-14)12-18-15(19)16(17)7-10-20-11-8-16;/h3-6H,2,7-12,17H2,1H3,(H,18,19);1H. The maximum absolute atomic E-state index is 12.2. The van der Waals surface area contributed by atoms with Gasteiger partial charge in [0.2, 0.25) is 5.91 Å². The fourth-order valence-corrected chi connectivity index (χ4v) is 2.24. The fourth-order valence-electron chi connectivity index (χ4n) is 2.24. The van der Waals surface area contributed by atoms with E-state index in [0.29, 0.717) is 39.2 Å². The van der Waals surface area contributed by atoms with Gasteiger partial charge in [0.25, 0.3) is 0 Å². The molecule has 1 aromatic carbocycles. The summed E-state index contributed by atoms with van der Waals surface area (Å²) >= 11 is 0. The third-order valence-corrected chi connectivity index (χ3v) is 3.69. The lowest BCUT2D eigenvalue weighted by Crippen LogP contribution is -2.56. The van der Waals surface area contributed by atoms with Gasteiger partial charge in [-0.3, -0.25) is 4.79 Å². The second-order valence-electron chi connectivity index (χ2n) is 5.44. The number of ether oxygens (including phenoxy) is 2. The third kappa shape index (κ3) is 5.16. The Labute approximate surface area is 138 Å². The molecule has 1 saturated heterocycles. The SMILES string of the molecule is CCCOc1ccc(CNC(=O)C2(N)CCOCC2)cc1.Cl. The molecular weight excluding hydrogens is 304 g/mol. The van der Waals surface area contributed by atoms with Gasteiger partial charge < -0.3 is 20.5 Å². The zero-order chi connectivity index (χ0) is 15.1. The summed E-state index contributed by atoms with van der Waals surface area (Å²) in [6.07, 6.45) is 2.13. The van der Waals surface area contributed by atoms with Crippen molar-refractivity contribution in [3.8, 4) is 5.75 Å². The quantitative estimate of drug-likeness (QED) is 0.838. The van der Waals surface area contributed by atoms with Crippen LogP contribution < -0.4 is 15.8 Å². The Balaban J connectivity index is 0.00000242. The molecule has 0 aromatic heterocycles. The summed E-state index contributed by atoms with van der Waals surface area (Å²) in [7, 11) is 0. The van der Waals surface area contributed by atoms with Crippen molar-refractivity contribution < 1.29 is 14.3 Å². The van der Waals surface area contributed by atoms with Crippen molar-refractivity contribution >= 4 is 18.3 Å². The van der Waals surface area contributed by atoms with E-state index in [0.717, 1.165) is 17.7 Å². The van der Waals surface area contributed by atoms with Crippen LogP contribution in [0.2, 0.25) is 0 Å². The van der Waals surface area contributed by atoms with Crippen molar-refractivity contribution in [2.24, 2.45) is 5.73 Å². The Hall–Kier alpha value is -1.30. The van der Waals surface area contributed by atoms with Crippen molar-refractivity contribution in [1.29, 1.82) is 0 Å². The normalized spacial score (nSPS) is 16.5. The van der Waals surface area contributed by atoms with Gasteiger partial charge in [-0.2, -0.15) is 0 Å². The van der Waals surface area contributed by atoms with E-state index in [1.165, 1.54) is 0 Å². The van der Waals surface area contributed by atoms with Gasteiger partial charge in [0, 0.05) is 19.8 Å². The number of nitrogens with one attached hydrogen (secondary N) is 1. The first-order chi connectivity index (χ1) is 10.1. The smallest absolute Gasteiger partial charge is 0.240 e. The van der Waals surface area contributed by atoms with E-state index in [9.17, 15) is 4.79 Å². The van der Waals surface area contributed by atoms with Gasteiger partial charge in [0.05, 0.1) is 12.1 Å². The monoisotopic (exact) mass is 328 g/mol. The van der Waals surface area contributed by atoms with E-state index < -0.39 is 5.54 Å². The molecule has 0 saturated carbocycles. The molecule has 22 heavy (non-hydrogen) atoms.